The van der Waals surface area contributed by atoms with Gasteiger partial charge in [-0.25, -0.2) is 4.39 Å². The minimum absolute atomic E-state index is 0.237. The first-order chi connectivity index (χ1) is 9.22. The van der Waals surface area contributed by atoms with E-state index in [-0.39, 0.29) is 5.82 Å². The van der Waals surface area contributed by atoms with E-state index in [2.05, 4.69) is 15.9 Å². The van der Waals surface area contributed by atoms with Gasteiger partial charge in [-0.1, -0.05) is 25.0 Å². The van der Waals surface area contributed by atoms with Gasteiger partial charge in [0.15, 0.2) is 0 Å². The van der Waals surface area contributed by atoms with E-state index in [0.717, 1.165) is 18.7 Å². The highest BCUT2D eigenvalue weighted by molar-refractivity contribution is 9.10. The van der Waals surface area contributed by atoms with E-state index in [4.69, 9.17) is 10.5 Å². The number of hydrogen-bond donors (Lipinski definition) is 1. The molecule has 106 valence electrons. The quantitative estimate of drug-likeness (QED) is 0.889. The van der Waals surface area contributed by atoms with Crippen LogP contribution in [-0.4, -0.2) is 13.2 Å². The molecule has 4 heteroatoms. The Balaban J connectivity index is 1.84. The van der Waals surface area contributed by atoms with E-state index < -0.39 is 0 Å². The molecule has 2 unspecified atom stereocenters. The van der Waals surface area contributed by atoms with Gasteiger partial charge in [0.05, 0.1) is 17.7 Å². The maximum absolute atomic E-state index is 13.4. The zero-order valence-corrected chi connectivity index (χ0v) is 12.7. The van der Waals surface area contributed by atoms with E-state index in [1.54, 1.807) is 6.07 Å². The molecule has 0 saturated heterocycles. The summed E-state index contributed by atoms with van der Waals surface area (Å²) in [6, 6.07) is 5.04. The fraction of sp³-hybridized carbons (Fsp3) is 0.600. The predicted octanol–water partition coefficient (Wildman–Crippen LogP) is 3.87. The Morgan fingerprint density at radius 3 is 2.74 bits per heavy atom. The number of hydrogen-bond acceptors (Lipinski definition) is 2. The maximum atomic E-state index is 13.4. The van der Waals surface area contributed by atoms with Crippen molar-refractivity contribution >= 4 is 15.9 Å². The Labute approximate surface area is 122 Å². The summed E-state index contributed by atoms with van der Waals surface area (Å²) in [4.78, 5) is 0. The Bertz CT molecular complexity index is 413. The smallest absolute Gasteiger partial charge is 0.137 e. The first-order valence-electron chi connectivity index (χ1n) is 6.93. The van der Waals surface area contributed by atoms with Crippen molar-refractivity contribution in [3.8, 4) is 0 Å². The largest absolute Gasteiger partial charge is 0.376 e. The van der Waals surface area contributed by atoms with Crippen LogP contribution >= 0.6 is 15.9 Å². The van der Waals surface area contributed by atoms with Crippen LogP contribution in [0.3, 0.4) is 0 Å². The number of ether oxygens (including phenoxy) is 1. The van der Waals surface area contributed by atoms with E-state index in [1.165, 1.54) is 31.7 Å². The Hall–Kier alpha value is -0.450. The SMILES string of the molecule is NCC1CCCCC1COCc1cccc(F)c1Br. The summed E-state index contributed by atoms with van der Waals surface area (Å²) < 4.78 is 19.6. The van der Waals surface area contributed by atoms with Crippen LogP contribution in [0.4, 0.5) is 4.39 Å². The van der Waals surface area contributed by atoms with Crippen LogP contribution in [0, 0.1) is 17.7 Å². The number of nitrogens with two attached hydrogens (primary N) is 1. The second-order valence-electron chi connectivity index (χ2n) is 5.27. The number of halogens is 2. The molecule has 0 aliphatic heterocycles. The molecule has 0 heterocycles. The van der Waals surface area contributed by atoms with Gasteiger partial charge >= 0.3 is 0 Å². The third-order valence-corrected chi connectivity index (χ3v) is 4.88. The van der Waals surface area contributed by atoms with Crippen molar-refractivity contribution in [2.45, 2.75) is 32.3 Å². The molecule has 0 bridgehead atoms. The molecule has 2 atom stereocenters. The summed E-state index contributed by atoms with van der Waals surface area (Å²) >= 11 is 3.26. The molecular formula is C15H21BrFNO. The predicted molar refractivity (Wildman–Crippen MR) is 78.3 cm³/mol. The average Bonchev–Trinajstić information content (AvgIpc) is 2.44. The van der Waals surface area contributed by atoms with Crippen LogP contribution in [0.1, 0.15) is 31.2 Å². The van der Waals surface area contributed by atoms with Crippen LogP contribution in [0.15, 0.2) is 22.7 Å². The van der Waals surface area contributed by atoms with Crippen molar-refractivity contribution < 1.29 is 9.13 Å². The van der Waals surface area contributed by atoms with Crippen molar-refractivity contribution in [1.29, 1.82) is 0 Å². The summed E-state index contributed by atoms with van der Waals surface area (Å²) in [5, 5.41) is 0. The third-order valence-electron chi connectivity index (χ3n) is 3.99. The lowest BCUT2D eigenvalue weighted by Crippen LogP contribution is -2.29. The highest BCUT2D eigenvalue weighted by atomic mass is 79.9. The fourth-order valence-corrected chi connectivity index (χ4v) is 3.17. The summed E-state index contributed by atoms with van der Waals surface area (Å²) in [5.41, 5.74) is 6.67. The monoisotopic (exact) mass is 329 g/mol. The van der Waals surface area contributed by atoms with E-state index in [9.17, 15) is 4.39 Å². The van der Waals surface area contributed by atoms with Crippen LogP contribution in [0.5, 0.6) is 0 Å². The Kier molecular flexibility index (Phi) is 5.79. The topological polar surface area (TPSA) is 35.2 Å². The van der Waals surface area contributed by atoms with Crippen LogP contribution in [-0.2, 0) is 11.3 Å². The molecule has 0 aromatic heterocycles. The maximum Gasteiger partial charge on any atom is 0.137 e. The standard InChI is InChI=1S/C15H21BrFNO/c16-15-13(6-3-7-14(15)17)10-19-9-12-5-2-1-4-11(12)8-18/h3,6-7,11-12H,1-2,4-5,8-10,18H2. The van der Waals surface area contributed by atoms with Crippen LogP contribution in [0.2, 0.25) is 0 Å². The summed E-state index contributed by atoms with van der Waals surface area (Å²) in [7, 11) is 0. The summed E-state index contributed by atoms with van der Waals surface area (Å²) in [5.74, 6) is 0.911. The second kappa shape index (κ2) is 7.36. The average molecular weight is 330 g/mol. The second-order valence-corrected chi connectivity index (χ2v) is 6.06. The number of benzene rings is 1. The van der Waals surface area contributed by atoms with E-state index in [0.29, 0.717) is 22.9 Å². The number of rotatable bonds is 5. The zero-order valence-electron chi connectivity index (χ0n) is 11.1. The van der Waals surface area contributed by atoms with Crippen molar-refractivity contribution in [3.05, 3.63) is 34.1 Å². The highest BCUT2D eigenvalue weighted by Gasteiger charge is 2.23. The van der Waals surface area contributed by atoms with Gasteiger partial charge < -0.3 is 10.5 Å². The molecule has 0 spiro atoms. The minimum Gasteiger partial charge on any atom is -0.376 e. The van der Waals surface area contributed by atoms with Crippen molar-refractivity contribution in [1.82, 2.24) is 0 Å². The molecule has 1 aromatic carbocycles. The van der Waals surface area contributed by atoms with Gasteiger partial charge in [0, 0.05) is 0 Å². The molecule has 0 radical (unpaired) electrons. The fourth-order valence-electron chi connectivity index (χ4n) is 2.79. The van der Waals surface area contributed by atoms with Gasteiger partial charge in [0.1, 0.15) is 5.82 Å². The van der Waals surface area contributed by atoms with Gasteiger partial charge in [-0.3, -0.25) is 0 Å². The highest BCUT2D eigenvalue weighted by Crippen LogP contribution is 2.30. The van der Waals surface area contributed by atoms with Gasteiger partial charge in [0.25, 0.3) is 0 Å². The van der Waals surface area contributed by atoms with Crippen molar-refractivity contribution in [2.75, 3.05) is 13.2 Å². The molecular weight excluding hydrogens is 309 g/mol. The van der Waals surface area contributed by atoms with Crippen molar-refractivity contribution in [3.63, 3.8) is 0 Å². The van der Waals surface area contributed by atoms with Crippen molar-refractivity contribution in [2.24, 2.45) is 17.6 Å². The van der Waals surface area contributed by atoms with Crippen LogP contribution < -0.4 is 5.73 Å². The molecule has 1 aromatic rings. The first kappa shape index (κ1) is 14.9. The first-order valence-corrected chi connectivity index (χ1v) is 7.72. The molecule has 1 aliphatic carbocycles. The lowest BCUT2D eigenvalue weighted by molar-refractivity contribution is 0.0508. The van der Waals surface area contributed by atoms with Gasteiger partial charge in [-0.05, 0) is 58.8 Å². The summed E-state index contributed by atoms with van der Waals surface area (Å²) in [6.45, 7) is 1.93. The molecule has 0 amide bonds. The molecule has 19 heavy (non-hydrogen) atoms. The third kappa shape index (κ3) is 4.01. The van der Waals surface area contributed by atoms with Crippen LogP contribution in [0.25, 0.3) is 0 Å². The molecule has 1 saturated carbocycles. The molecule has 1 fully saturated rings. The summed E-state index contributed by atoms with van der Waals surface area (Å²) in [6.07, 6.45) is 4.97. The normalized spacial score (nSPS) is 23.5. The lowest BCUT2D eigenvalue weighted by atomic mass is 9.80. The Morgan fingerprint density at radius 2 is 2.00 bits per heavy atom. The molecule has 2 rings (SSSR count). The van der Waals surface area contributed by atoms with Gasteiger partial charge in [-0.2, -0.15) is 0 Å². The van der Waals surface area contributed by atoms with Gasteiger partial charge in [0.2, 0.25) is 0 Å². The molecule has 1 aliphatic rings. The zero-order chi connectivity index (χ0) is 13.7. The minimum atomic E-state index is -0.237. The van der Waals surface area contributed by atoms with E-state index in [1.807, 2.05) is 6.07 Å². The lowest BCUT2D eigenvalue weighted by Gasteiger charge is -2.30. The molecule has 2 N–H and O–H groups in total. The Morgan fingerprint density at radius 1 is 1.26 bits per heavy atom. The molecule has 2 nitrogen and oxygen atoms in total. The van der Waals surface area contributed by atoms with E-state index >= 15 is 0 Å². The van der Waals surface area contributed by atoms with Gasteiger partial charge in [-0.15, -0.1) is 0 Å².